The van der Waals surface area contributed by atoms with Crippen molar-refractivity contribution in [2.75, 3.05) is 0 Å². The fourth-order valence-electron chi connectivity index (χ4n) is 1.88. The van der Waals surface area contributed by atoms with Crippen molar-refractivity contribution in [2.24, 2.45) is 0 Å². The van der Waals surface area contributed by atoms with E-state index in [1.165, 1.54) is 36.1 Å². The Balaban J connectivity index is 1.81. The van der Waals surface area contributed by atoms with Gasteiger partial charge < -0.3 is 5.32 Å². The second-order valence-electron chi connectivity index (χ2n) is 4.47. The second kappa shape index (κ2) is 4.59. The van der Waals surface area contributed by atoms with Crippen LogP contribution in [0.2, 0.25) is 0 Å². The highest BCUT2D eigenvalue weighted by Gasteiger charge is 2.20. The summed E-state index contributed by atoms with van der Waals surface area (Å²) in [5, 5.41) is 7.82. The number of hydrogen-bond acceptors (Lipinski definition) is 2. The molecular formula is C14H14FNS. The van der Waals surface area contributed by atoms with E-state index in [0.717, 1.165) is 18.2 Å². The lowest BCUT2D eigenvalue weighted by molar-refractivity contribution is 0.628. The van der Waals surface area contributed by atoms with Gasteiger partial charge in [0.15, 0.2) is 0 Å². The summed E-state index contributed by atoms with van der Waals surface area (Å²) in [4.78, 5) is 0. The Labute approximate surface area is 104 Å². The molecule has 0 saturated heterocycles. The van der Waals surface area contributed by atoms with Gasteiger partial charge >= 0.3 is 0 Å². The molecule has 3 heteroatoms. The van der Waals surface area contributed by atoms with Crippen molar-refractivity contribution in [3.05, 3.63) is 46.4 Å². The van der Waals surface area contributed by atoms with Gasteiger partial charge in [-0.15, -0.1) is 0 Å². The molecule has 1 aromatic heterocycles. The lowest BCUT2D eigenvalue weighted by Gasteiger charge is -2.05. The Hall–Kier alpha value is -1.19. The minimum absolute atomic E-state index is 0.179. The topological polar surface area (TPSA) is 12.0 Å². The standard InChI is InChI=1S/C14H14FNS/c15-12-3-1-10(2-4-12)14-9-17-8-11(14)7-16-13-5-6-13/h1-4,8-9,13,16H,5-7H2. The van der Waals surface area contributed by atoms with E-state index in [-0.39, 0.29) is 5.82 Å². The van der Waals surface area contributed by atoms with Gasteiger partial charge in [-0.2, -0.15) is 11.3 Å². The molecule has 1 N–H and O–H groups in total. The largest absolute Gasteiger partial charge is 0.310 e. The molecule has 88 valence electrons. The van der Waals surface area contributed by atoms with E-state index in [1.807, 2.05) is 12.1 Å². The van der Waals surface area contributed by atoms with Crippen LogP contribution in [0.3, 0.4) is 0 Å². The van der Waals surface area contributed by atoms with Gasteiger partial charge in [0.2, 0.25) is 0 Å². The monoisotopic (exact) mass is 247 g/mol. The number of thiophene rings is 1. The number of halogens is 1. The zero-order valence-electron chi connectivity index (χ0n) is 9.45. The van der Waals surface area contributed by atoms with Crippen molar-refractivity contribution in [2.45, 2.75) is 25.4 Å². The van der Waals surface area contributed by atoms with E-state index in [9.17, 15) is 4.39 Å². The smallest absolute Gasteiger partial charge is 0.123 e. The molecule has 1 nitrogen and oxygen atoms in total. The third-order valence-corrected chi connectivity index (χ3v) is 3.85. The summed E-state index contributed by atoms with van der Waals surface area (Å²) >= 11 is 1.70. The van der Waals surface area contributed by atoms with Crippen molar-refractivity contribution >= 4 is 11.3 Å². The van der Waals surface area contributed by atoms with E-state index in [0.29, 0.717) is 0 Å². The molecule has 1 aliphatic rings. The number of nitrogens with one attached hydrogen (secondary N) is 1. The van der Waals surface area contributed by atoms with Gasteiger partial charge in [-0.1, -0.05) is 12.1 Å². The molecule has 0 bridgehead atoms. The van der Waals surface area contributed by atoms with Crippen LogP contribution < -0.4 is 5.32 Å². The van der Waals surface area contributed by atoms with Crippen LogP contribution in [0, 0.1) is 5.82 Å². The van der Waals surface area contributed by atoms with Crippen molar-refractivity contribution in [3.63, 3.8) is 0 Å². The first-order valence-corrected chi connectivity index (χ1v) is 6.81. The maximum absolute atomic E-state index is 12.9. The van der Waals surface area contributed by atoms with Crippen LogP contribution in [0.15, 0.2) is 35.0 Å². The number of hydrogen-bond donors (Lipinski definition) is 1. The van der Waals surface area contributed by atoms with Gasteiger partial charge in [-0.3, -0.25) is 0 Å². The maximum atomic E-state index is 12.9. The van der Waals surface area contributed by atoms with Crippen LogP contribution in [-0.4, -0.2) is 6.04 Å². The van der Waals surface area contributed by atoms with Gasteiger partial charge in [-0.05, 0) is 52.4 Å². The highest BCUT2D eigenvalue weighted by Crippen LogP contribution is 2.28. The molecule has 1 saturated carbocycles. The van der Waals surface area contributed by atoms with Crippen molar-refractivity contribution < 1.29 is 4.39 Å². The zero-order chi connectivity index (χ0) is 11.7. The lowest BCUT2D eigenvalue weighted by atomic mass is 10.0. The first-order valence-electron chi connectivity index (χ1n) is 5.87. The van der Waals surface area contributed by atoms with Crippen LogP contribution in [0.5, 0.6) is 0 Å². The number of rotatable bonds is 4. The molecule has 1 aliphatic carbocycles. The van der Waals surface area contributed by atoms with E-state index < -0.39 is 0 Å². The van der Waals surface area contributed by atoms with Crippen LogP contribution >= 0.6 is 11.3 Å². The van der Waals surface area contributed by atoms with Gasteiger partial charge in [0.05, 0.1) is 0 Å². The summed E-state index contributed by atoms with van der Waals surface area (Å²) < 4.78 is 12.9. The molecule has 0 amide bonds. The molecule has 0 aliphatic heterocycles. The SMILES string of the molecule is Fc1ccc(-c2cscc2CNC2CC2)cc1. The Morgan fingerprint density at radius 3 is 2.65 bits per heavy atom. The molecule has 2 aromatic rings. The highest BCUT2D eigenvalue weighted by atomic mass is 32.1. The molecule has 17 heavy (non-hydrogen) atoms. The van der Waals surface area contributed by atoms with Gasteiger partial charge in [0.1, 0.15) is 5.82 Å². The summed E-state index contributed by atoms with van der Waals surface area (Å²) in [6, 6.07) is 7.45. The van der Waals surface area contributed by atoms with Crippen molar-refractivity contribution in [1.82, 2.24) is 5.32 Å². The summed E-state index contributed by atoms with van der Waals surface area (Å²) in [6.07, 6.45) is 2.60. The van der Waals surface area contributed by atoms with Gasteiger partial charge in [-0.25, -0.2) is 4.39 Å². The quantitative estimate of drug-likeness (QED) is 0.866. The molecule has 1 heterocycles. The fourth-order valence-corrected chi connectivity index (χ4v) is 2.75. The van der Waals surface area contributed by atoms with Crippen LogP contribution in [0.25, 0.3) is 11.1 Å². The van der Waals surface area contributed by atoms with E-state index in [1.54, 1.807) is 11.3 Å². The minimum atomic E-state index is -0.179. The Morgan fingerprint density at radius 1 is 1.18 bits per heavy atom. The molecular weight excluding hydrogens is 233 g/mol. The Bertz CT molecular complexity index is 499. The normalized spacial score (nSPS) is 15.1. The first-order chi connectivity index (χ1) is 8.33. The minimum Gasteiger partial charge on any atom is -0.310 e. The van der Waals surface area contributed by atoms with Crippen LogP contribution in [0.1, 0.15) is 18.4 Å². The van der Waals surface area contributed by atoms with Crippen LogP contribution in [-0.2, 0) is 6.54 Å². The first kappa shape index (κ1) is 10.9. The summed E-state index contributed by atoms with van der Waals surface area (Å²) in [5.41, 5.74) is 3.64. The van der Waals surface area contributed by atoms with E-state index in [4.69, 9.17) is 0 Å². The summed E-state index contributed by atoms with van der Waals surface area (Å²) in [5.74, 6) is -0.179. The molecule has 0 spiro atoms. The summed E-state index contributed by atoms with van der Waals surface area (Å²) in [7, 11) is 0. The average molecular weight is 247 g/mol. The van der Waals surface area contributed by atoms with E-state index >= 15 is 0 Å². The van der Waals surface area contributed by atoms with Gasteiger partial charge in [0.25, 0.3) is 0 Å². The molecule has 0 atom stereocenters. The predicted octanol–water partition coefficient (Wildman–Crippen LogP) is 3.81. The second-order valence-corrected chi connectivity index (χ2v) is 5.22. The average Bonchev–Trinajstić information content (AvgIpc) is 3.06. The van der Waals surface area contributed by atoms with Crippen molar-refractivity contribution in [1.29, 1.82) is 0 Å². The third kappa shape index (κ3) is 2.56. The Morgan fingerprint density at radius 2 is 1.94 bits per heavy atom. The third-order valence-electron chi connectivity index (χ3n) is 3.06. The van der Waals surface area contributed by atoms with E-state index in [2.05, 4.69) is 16.1 Å². The predicted molar refractivity (Wildman–Crippen MR) is 69.6 cm³/mol. The number of benzene rings is 1. The van der Waals surface area contributed by atoms with Gasteiger partial charge in [0, 0.05) is 12.6 Å². The zero-order valence-corrected chi connectivity index (χ0v) is 10.3. The molecule has 1 aromatic carbocycles. The molecule has 0 radical (unpaired) electrons. The Kier molecular flexibility index (Phi) is 2.95. The lowest BCUT2D eigenvalue weighted by Crippen LogP contribution is -2.15. The molecule has 1 fully saturated rings. The van der Waals surface area contributed by atoms with Crippen molar-refractivity contribution in [3.8, 4) is 11.1 Å². The molecule has 3 rings (SSSR count). The fraction of sp³-hybridized carbons (Fsp3) is 0.286. The maximum Gasteiger partial charge on any atom is 0.123 e. The summed E-state index contributed by atoms with van der Waals surface area (Å²) in [6.45, 7) is 0.918. The van der Waals surface area contributed by atoms with Crippen LogP contribution in [0.4, 0.5) is 4.39 Å². The molecule has 0 unspecified atom stereocenters. The highest BCUT2D eigenvalue weighted by molar-refractivity contribution is 7.08.